The van der Waals surface area contributed by atoms with Gasteiger partial charge >= 0.3 is 5.95 Å². The molecule has 1 aromatic heterocycles. The molecule has 0 fully saturated rings. The summed E-state index contributed by atoms with van der Waals surface area (Å²) in [6.45, 7) is 3.08. The van der Waals surface area contributed by atoms with E-state index in [0.717, 1.165) is 0 Å². The summed E-state index contributed by atoms with van der Waals surface area (Å²) in [7, 11) is 1.44. The fraction of sp³-hybridized carbons (Fsp3) is 0.429. The first-order valence-corrected chi connectivity index (χ1v) is 3.17. The number of hydrogen-bond acceptors (Lipinski definition) is 4. The number of aromatic nitrogens is 1. The summed E-state index contributed by atoms with van der Waals surface area (Å²) in [6.07, 6.45) is 0. The molecular formula is C7H9NO3. The molecule has 11 heavy (non-hydrogen) atoms. The van der Waals surface area contributed by atoms with Crippen LogP contribution in [0.5, 0.6) is 5.95 Å². The Labute approximate surface area is 64.2 Å². The van der Waals surface area contributed by atoms with Gasteiger partial charge in [-0.1, -0.05) is 0 Å². The van der Waals surface area contributed by atoms with E-state index >= 15 is 0 Å². The van der Waals surface area contributed by atoms with Gasteiger partial charge in [-0.05, 0) is 0 Å². The molecule has 60 valence electrons. The fourth-order valence-corrected chi connectivity index (χ4v) is 0.769. The third kappa shape index (κ3) is 1.39. The predicted molar refractivity (Wildman–Crippen MR) is 37.8 cm³/mol. The molecule has 0 aliphatic rings. The van der Waals surface area contributed by atoms with E-state index in [2.05, 4.69) is 4.98 Å². The van der Waals surface area contributed by atoms with Crippen LogP contribution >= 0.6 is 0 Å². The smallest absolute Gasteiger partial charge is 0.316 e. The highest BCUT2D eigenvalue weighted by molar-refractivity contribution is 5.94. The number of oxazole rings is 1. The van der Waals surface area contributed by atoms with Gasteiger partial charge in [0.15, 0.2) is 17.4 Å². The van der Waals surface area contributed by atoms with Crippen LogP contribution in [0.1, 0.15) is 23.3 Å². The Bertz CT molecular complexity index is 277. The van der Waals surface area contributed by atoms with Gasteiger partial charge in [-0.2, -0.15) is 0 Å². The monoisotopic (exact) mass is 155 g/mol. The number of carbonyl (C=O) groups excluding carboxylic acids is 1. The van der Waals surface area contributed by atoms with Crippen molar-refractivity contribution >= 4 is 5.78 Å². The van der Waals surface area contributed by atoms with Gasteiger partial charge < -0.3 is 9.15 Å². The molecule has 0 unspecified atom stereocenters. The Balaban J connectivity index is 3.12. The maximum atomic E-state index is 10.8. The molecule has 0 bridgehead atoms. The molecule has 0 spiro atoms. The summed E-state index contributed by atoms with van der Waals surface area (Å²) in [5, 5.41) is 0. The predicted octanol–water partition coefficient (Wildman–Crippen LogP) is 1.19. The van der Waals surface area contributed by atoms with Gasteiger partial charge in [-0.15, -0.1) is 0 Å². The van der Waals surface area contributed by atoms with Crippen molar-refractivity contribution in [1.82, 2.24) is 4.98 Å². The summed E-state index contributed by atoms with van der Waals surface area (Å²) < 4.78 is 9.75. The lowest BCUT2D eigenvalue weighted by Crippen LogP contribution is -1.95. The summed E-state index contributed by atoms with van der Waals surface area (Å²) in [5.41, 5.74) is 0.255. The van der Waals surface area contributed by atoms with Gasteiger partial charge in [0.05, 0.1) is 7.11 Å². The molecule has 0 saturated carbocycles. The number of ketones is 1. The molecule has 0 aliphatic carbocycles. The largest absolute Gasteiger partial charge is 0.467 e. The van der Waals surface area contributed by atoms with Gasteiger partial charge in [0.25, 0.3) is 0 Å². The molecule has 1 rings (SSSR count). The lowest BCUT2D eigenvalue weighted by molar-refractivity contribution is 0.100. The molecule has 0 amide bonds. The summed E-state index contributed by atoms with van der Waals surface area (Å²) >= 11 is 0. The zero-order valence-electron chi connectivity index (χ0n) is 6.67. The summed E-state index contributed by atoms with van der Waals surface area (Å²) in [6, 6.07) is 0. The second kappa shape index (κ2) is 2.74. The Morgan fingerprint density at radius 1 is 1.64 bits per heavy atom. The van der Waals surface area contributed by atoms with Crippen molar-refractivity contribution in [2.24, 2.45) is 0 Å². The highest BCUT2D eigenvalue weighted by Gasteiger charge is 2.14. The van der Waals surface area contributed by atoms with Crippen molar-refractivity contribution in [3.63, 3.8) is 0 Å². The lowest BCUT2D eigenvalue weighted by atomic mass is 10.3. The maximum Gasteiger partial charge on any atom is 0.316 e. The van der Waals surface area contributed by atoms with Gasteiger partial charge in [0.2, 0.25) is 0 Å². The van der Waals surface area contributed by atoms with E-state index < -0.39 is 0 Å². The van der Waals surface area contributed by atoms with Crippen LogP contribution in [0.3, 0.4) is 0 Å². The number of methoxy groups -OCH3 is 1. The van der Waals surface area contributed by atoms with Crippen LogP contribution < -0.4 is 4.74 Å². The third-order valence-corrected chi connectivity index (χ3v) is 1.22. The average molecular weight is 155 g/mol. The maximum absolute atomic E-state index is 10.8. The number of aryl methyl sites for hydroxylation is 1. The van der Waals surface area contributed by atoms with E-state index in [1.807, 2.05) is 0 Å². The van der Waals surface area contributed by atoms with Crippen molar-refractivity contribution in [3.8, 4) is 5.95 Å². The zero-order chi connectivity index (χ0) is 8.43. The quantitative estimate of drug-likeness (QED) is 0.602. The van der Waals surface area contributed by atoms with Crippen LogP contribution in [0.4, 0.5) is 0 Å². The van der Waals surface area contributed by atoms with Gasteiger partial charge in [-0.25, -0.2) is 4.98 Å². The van der Waals surface area contributed by atoms with Crippen molar-refractivity contribution in [1.29, 1.82) is 0 Å². The Kier molecular flexibility index (Phi) is 1.94. The summed E-state index contributed by atoms with van der Waals surface area (Å²) in [5.74, 6) is 0.473. The molecule has 4 nitrogen and oxygen atoms in total. The van der Waals surface area contributed by atoms with Crippen molar-refractivity contribution < 1.29 is 13.9 Å². The first kappa shape index (κ1) is 7.78. The standard InChI is InChI=1S/C7H9NO3/c1-4(9)6-7(10-3)11-5(2)8-6/h1-3H3. The number of Topliss-reactive ketones (excluding diaryl/α,β-unsaturated/α-hetero) is 1. The van der Waals surface area contributed by atoms with E-state index in [0.29, 0.717) is 5.89 Å². The lowest BCUT2D eigenvalue weighted by Gasteiger charge is -1.91. The molecular weight excluding hydrogens is 146 g/mol. The van der Waals surface area contributed by atoms with Crippen LogP contribution in [0.2, 0.25) is 0 Å². The SMILES string of the molecule is COc1oc(C)nc1C(C)=O. The van der Waals surface area contributed by atoms with Crippen LogP contribution in [-0.2, 0) is 0 Å². The number of rotatable bonds is 2. The minimum Gasteiger partial charge on any atom is -0.467 e. The van der Waals surface area contributed by atoms with E-state index in [-0.39, 0.29) is 17.4 Å². The average Bonchev–Trinajstić information content (AvgIpc) is 2.30. The van der Waals surface area contributed by atoms with E-state index in [4.69, 9.17) is 9.15 Å². The van der Waals surface area contributed by atoms with E-state index in [9.17, 15) is 4.79 Å². The Morgan fingerprint density at radius 3 is 2.64 bits per heavy atom. The Morgan fingerprint density at radius 2 is 2.27 bits per heavy atom. The first-order valence-electron chi connectivity index (χ1n) is 3.17. The first-order chi connectivity index (χ1) is 5.15. The molecule has 0 aliphatic heterocycles. The van der Waals surface area contributed by atoms with Crippen LogP contribution in [0.25, 0.3) is 0 Å². The number of hydrogen-bond donors (Lipinski definition) is 0. The minimum absolute atomic E-state index is 0.154. The zero-order valence-corrected chi connectivity index (χ0v) is 6.67. The van der Waals surface area contributed by atoms with Crippen LogP contribution in [-0.4, -0.2) is 17.9 Å². The van der Waals surface area contributed by atoms with Crippen LogP contribution in [0, 0.1) is 6.92 Å². The van der Waals surface area contributed by atoms with Gasteiger partial charge in [-0.3, -0.25) is 4.79 Å². The fourth-order valence-electron chi connectivity index (χ4n) is 0.769. The second-order valence-corrected chi connectivity index (χ2v) is 2.13. The molecule has 0 saturated heterocycles. The number of ether oxygens (including phenoxy) is 1. The molecule has 0 aromatic carbocycles. The molecule has 1 aromatic rings. The van der Waals surface area contributed by atoms with Gasteiger partial charge in [0, 0.05) is 13.8 Å². The normalized spacial score (nSPS) is 9.73. The Hall–Kier alpha value is -1.32. The highest BCUT2D eigenvalue weighted by atomic mass is 16.6. The second-order valence-electron chi connectivity index (χ2n) is 2.13. The third-order valence-electron chi connectivity index (χ3n) is 1.22. The molecule has 0 radical (unpaired) electrons. The van der Waals surface area contributed by atoms with Crippen molar-refractivity contribution in [2.75, 3.05) is 7.11 Å². The highest BCUT2D eigenvalue weighted by Crippen LogP contribution is 2.18. The molecule has 0 N–H and O–H groups in total. The van der Waals surface area contributed by atoms with Crippen molar-refractivity contribution in [3.05, 3.63) is 11.6 Å². The topological polar surface area (TPSA) is 52.3 Å². The molecule has 4 heteroatoms. The molecule has 1 heterocycles. The van der Waals surface area contributed by atoms with E-state index in [1.165, 1.54) is 14.0 Å². The summed E-state index contributed by atoms with van der Waals surface area (Å²) in [4.78, 5) is 14.7. The van der Waals surface area contributed by atoms with Crippen molar-refractivity contribution in [2.45, 2.75) is 13.8 Å². The number of nitrogens with zero attached hydrogens (tertiary/aromatic N) is 1. The van der Waals surface area contributed by atoms with Crippen LogP contribution in [0.15, 0.2) is 4.42 Å². The minimum atomic E-state index is -0.154. The number of carbonyl (C=O) groups is 1. The van der Waals surface area contributed by atoms with E-state index in [1.54, 1.807) is 6.92 Å². The van der Waals surface area contributed by atoms with Gasteiger partial charge in [0.1, 0.15) is 0 Å². The molecule has 0 atom stereocenters.